The maximum Gasteiger partial charge on any atom is 0.185 e. The first-order chi connectivity index (χ1) is 6.72. The van der Waals surface area contributed by atoms with Crippen LogP contribution >= 0.6 is 0 Å². The summed E-state index contributed by atoms with van der Waals surface area (Å²) in [6.45, 7) is 3.05. The van der Waals surface area contributed by atoms with Gasteiger partial charge in [-0.15, -0.1) is 0 Å². The van der Waals surface area contributed by atoms with Crippen molar-refractivity contribution in [1.82, 2.24) is 0 Å². The highest BCUT2D eigenvalue weighted by Gasteiger charge is 2.05. The molecule has 0 unspecified atom stereocenters. The van der Waals surface area contributed by atoms with Crippen LogP contribution in [0, 0.1) is 0 Å². The molecule has 1 aromatic carbocycles. The predicted octanol–water partition coefficient (Wildman–Crippen LogP) is 1.04. The summed E-state index contributed by atoms with van der Waals surface area (Å²) in [7, 11) is 0. The molecule has 0 radical (unpaired) electrons. The summed E-state index contributed by atoms with van der Waals surface area (Å²) in [5.41, 5.74) is 1.68. The molecule has 0 spiro atoms. The van der Waals surface area contributed by atoms with E-state index in [1.165, 1.54) is 6.08 Å². The Bertz CT molecular complexity index is 356. The number of hydrogen-bond acceptors (Lipinski definition) is 3. The first-order valence-corrected chi connectivity index (χ1v) is 4.23. The van der Waals surface area contributed by atoms with Gasteiger partial charge in [0.25, 0.3) is 0 Å². The number of aliphatic hydroxyl groups is 2. The van der Waals surface area contributed by atoms with Gasteiger partial charge in [-0.05, 0) is 23.3 Å². The molecule has 0 aliphatic carbocycles. The molecule has 0 bridgehead atoms. The second-order valence-corrected chi connectivity index (χ2v) is 2.87. The zero-order valence-electron chi connectivity index (χ0n) is 7.73. The summed E-state index contributed by atoms with van der Waals surface area (Å²) in [4.78, 5) is 11.2. The van der Waals surface area contributed by atoms with Crippen molar-refractivity contribution in [3.05, 3.63) is 47.5 Å². The number of aliphatic hydroxyl groups excluding tert-OH is 2. The van der Waals surface area contributed by atoms with Crippen molar-refractivity contribution >= 4 is 5.78 Å². The first-order valence-electron chi connectivity index (χ1n) is 4.23. The topological polar surface area (TPSA) is 57.5 Å². The minimum absolute atomic E-state index is 0.140. The van der Waals surface area contributed by atoms with Crippen LogP contribution in [0.4, 0.5) is 0 Å². The van der Waals surface area contributed by atoms with Crippen LogP contribution in [0.3, 0.4) is 0 Å². The van der Waals surface area contributed by atoms with E-state index < -0.39 is 0 Å². The van der Waals surface area contributed by atoms with Gasteiger partial charge < -0.3 is 10.2 Å². The van der Waals surface area contributed by atoms with E-state index in [1.807, 2.05) is 0 Å². The third kappa shape index (κ3) is 2.07. The van der Waals surface area contributed by atoms with E-state index >= 15 is 0 Å². The molecule has 0 saturated heterocycles. The Morgan fingerprint density at radius 1 is 1.29 bits per heavy atom. The number of hydrogen-bond donors (Lipinski definition) is 2. The van der Waals surface area contributed by atoms with Gasteiger partial charge in [-0.25, -0.2) is 0 Å². The van der Waals surface area contributed by atoms with Crippen molar-refractivity contribution in [2.24, 2.45) is 0 Å². The van der Waals surface area contributed by atoms with Crippen molar-refractivity contribution in [3.8, 4) is 0 Å². The van der Waals surface area contributed by atoms with E-state index in [9.17, 15) is 4.79 Å². The third-order valence-electron chi connectivity index (χ3n) is 2.02. The Hall–Kier alpha value is -1.45. The van der Waals surface area contributed by atoms with Crippen molar-refractivity contribution in [1.29, 1.82) is 0 Å². The fourth-order valence-corrected chi connectivity index (χ4v) is 1.20. The standard InChI is InChI=1S/C11H12O3/c1-2-11(14)8-3-4-9(6-12)10(5-8)7-13/h2-5,12-13H,1,6-7H2. The van der Waals surface area contributed by atoms with Gasteiger partial charge in [-0.3, -0.25) is 4.79 Å². The average molecular weight is 192 g/mol. The SMILES string of the molecule is C=CC(=O)c1ccc(CO)c(CO)c1. The molecule has 3 nitrogen and oxygen atoms in total. The lowest BCUT2D eigenvalue weighted by Crippen LogP contribution is -1.99. The lowest BCUT2D eigenvalue weighted by molar-refractivity contribution is 0.104. The number of carbonyl (C=O) groups excluding carboxylic acids is 1. The van der Waals surface area contributed by atoms with Crippen LogP contribution in [0.5, 0.6) is 0 Å². The maximum atomic E-state index is 11.2. The van der Waals surface area contributed by atoms with E-state index in [0.29, 0.717) is 16.7 Å². The molecule has 0 atom stereocenters. The normalized spacial score (nSPS) is 9.86. The Morgan fingerprint density at radius 3 is 2.43 bits per heavy atom. The summed E-state index contributed by atoms with van der Waals surface area (Å²) >= 11 is 0. The third-order valence-corrected chi connectivity index (χ3v) is 2.02. The minimum atomic E-state index is -0.191. The van der Waals surface area contributed by atoms with E-state index in [-0.39, 0.29) is 19.0 Å². The summed E-state index contributed by atoms with van der Waals surface area (Å²) in [5.74, 6) is -0.191. The van der Waals surface area contributed by atoms with Gasteiger partial charge in [0.2, 0.25) is 0 Å². The molecule has 3 heteroatoms. The molecule has 74 valence electrons. The largest absolute Gasteiger partial charge is 0.392 e. The summed E-state index contributed by atoms with van der Waals surface area (Å²) in [6, 6.07) is 4.80. The van der Waals surface area contributed by atoms with Gasteiger partial charge in [0.05, 0.1) is 13.2 Å². The zero-order chi connectivity index (χ0) is 10.6. The summed E-state index contributed by atoms with van der Waals surface area (Å²) < 4.78 is 0. The zero-order valence-corrected chi connectivity index (χ0v) is 7.73. The Balaban J connectivity index is 3.13. The average Bonchev–Trinajstić information content (AvgIpc) is 2.26. The molecule has 0 fully saturated rings. The van der Waals surface area contributed by atoms with E-state index in [1.54, 1.807) is 18.2 Å². The number of benzene rings is 1. The highest BCUT2D eigenvalue weighted by atomic mass is 16.3. The predicted molar refractivity (Wildman–Crippen MR) is 52.8 cm³/mol. The number of carbonyl (C=O) groups is 1. The molecule has 0 aromatic heterocycles. The molecule has 0 heterocycles. The van der Waals surface area contributed by atoms with Crippen molar-refractivity contribution < 1.29 is 15.0 Å². The molecule has 0 aliphatic heterocycles. The van der Waals surface area contributed by atoms with Crippen LogP contribution in [0.25, 0.3) is 0 Å². The molecule has 1 rings (SSSR count). The number of rotatable bonds is 4. The lowest BCUT2D eigenvalue weighted by Gasteiger charge is -2.05. The first kappa shape index (κ1) is 10.6. The summed E-state index contributed by atoms with van der Waals surface area (Å²) in [6.07, 6.45) is 1.22. The van der Waals surface area contributed by atoms with Crippen molar-refractivity contribution in [2.75, 3.05) is 0 Å². The van der Waals surface area contributed by atoms with Gasteiger partial charge in [-0.2, -0.15) is 0 Å². The van der Waals surface area contributed by atoms with Crippen LogP contribution in [0.1, 0.15) is 21.5 Å². The molecular weight excluding hydrogens is 180 g/mol. The van der Waals surface area contributed by atoms with E-state index in [0.717, 1.165) is 0 Å². The van der Waals surface area contributed by atoms with Crippen LogP contribution in [0.2, 0.25) is 0 Å². The summed E-state index contributed by atoms with van der Waals surface area (Å²) in [5, 5.41) is 17.9. The van der Waals surface area contributed by atoms with Crippen LogP contribution in [-0.4, -0.2) is 16.0 Å². The monoisotopic (exact) mass is 192 g/mol. The van der Waals surface area contributed by atoms with Gasteiger partial charge >= 0.3 is 0 Å². The molecule has 0 saturated carbocycles. The van der Waals surface area contributed by atoms with Crippen molar-refractivity contribution in [2.45, 2.75) is 13.2 Å². The van der Waals surface area contributed by atoms with E-state index in [2.05, 4.69) is 6.58 Å². The lowest BCUT2D eigenvalue weighted by atomic mass is 10.0. The van der Waals surface area contributed by atoms with E-state index in [4.69, 9.17) is 10.2 Å². The number of ketones is 1. The highest BCUT2D eigenvalue weighted by molar-refractivity contribution is 6.04. The fraction of sp³-hybridized carbons (Fsp3) is 0.182. The second-order valence-electron chi connectivity index (χ2n) is 2.87. The molecule has 1 aromatic rings. The Labute approximate surface area is 82.3 Å². The quantitative estimate of drug-likeness (QED) is 0.553. The van der Waals surface area contributed by atoms with Crippen LogP contribution < -0.4 is 0 Å². The van der Waals surface area contributed by atoms with Crippen LogP contribution in [-0.2, 0) is 13.2 Å². The molecule has 14 heavy (non-hydrogen) atoms. The highest BCUT2D eigenvalue weighted by Crippen LogP contribution is 2.13. The molecule has 0 amide bonds. The van der Waals surface area contributed by atoms with Gasteiger partial charge in [0.15, 0.2) is 5.78 Å². The van der Waals surface area contributed by atoms with Crippen LogP contribution in [0.15, 0.2) is 30.9 Å². The Morgan fingerprint density at radius 2 is 1.93 bits per heavy atom. The minimum Gasteiger partial charge on any atom is -0.392 e. The molecule has 0 aliphatic rings. The second kappa shape index (κ2) is 4.69. The van der Waals surface area contributed by atoms with Crippen molar-refractivity contribution in [3.63, 3.8) is 0 Å². The van der Waals surface area contributed by atoms with Gasteiger partial charge in [0, 0.05) is 5.56 Å². The van der Waals surface area contributed by atoms with Gasteiger partial charge in [0.1, 0.15) is 0 Å². The number of allylic oxidation sites excluding steroid dienone is 1. The smallest absolute Gasteiger partial charge is 0.185 e. The van der Waals surface area contributed by atoms with Gasteiger partial charge in [-0.1, -0.05) is 18.7 Å². The Kier molecular flexibility index (Phi) is 3.56. The molecule has 2 N–H and O–H groups in total. The fourth-order valence-electron chi connectivity index (χ4n) is 1.20. The molecular formula is C11H12O3. The maximum absolute atomic E-state index is 11.2.